The number of nitrogens with zero attached hydrogens (tertiary/aromatic N) is 2. The molecular weight excluding hydrogens is 184 g/mol. The van der Waals surface area contributed by atoms with Crippen LogP contribution in [0.2, 0.25) is 0 Å². The molecule has 0 aromatic carbocycles. The van der Waals surface area contributed by atoms with Crippen LogP contribution in [-0.2, 0) is 4.79 Å². The molecule has 1 heterocycles. The fourth-order valence-electron chi connectivity index (χ4n) is 0.878. The fraction of sp³-hybridized carbons (Fsp3) is 0.125. The van der Waals surface area contributed by atoms with Gasteiger partial charge >= 0.3 is 11.8 Å². The molecule has 1 rings (SSSR count). The number of carbonyl (C=O) groups is 1. The smallest absolute Gasteiger partial charge is 0.354 e. The molecule has 0 saturated heterocycles. The number of pyridine rings is 1. The van der Waals surface area contributed by atoms with Gasteiger partial charge in [0.1, 0.15) is 11.6 Å². The summed E-state index contributed by atoms with van der Waals surface area (Å²) < 4.78 is 0.997. The van der Waals surface area contributed by atoms with Gasteiger partial charge in [0.15, 0.2) is 6.20 Å². The van der Waals surface area contributed by atoms with Crippen LogP contribution in [-0.4, -0.2) is 5.97 Å². The second-order valence-electron chi connectivity index (χ2n) is 2.59. The topological polar surface area (TPSA) is 106 Å². The van der Waals surface area contributed by atoms with Crippen LogP contribution < -0.4 is 21.0 Å². The molecule has 0 aliphatic rings. The number of aromatic nitrogens is 1. The molecule has 0 spiro atoms. The normalized spacial score (nSPS) is 9.14. The molecule has 72 valence electrons. The Labute approximate surface area is 80.3 Å². The highest BCUT2D eigenvalue weighted by Gasteiger charge is 2.12. The molecule has 0 aliphatic heterocycles. The van der Waals surface area contributed by atoms with Gasteiger partial charge < -0.3 is 5.73 Å². The van der Waals surface area contributed by atoms with Crippen LogP contribution in [0, 0.1) is 11.3 Å². The molecule has 0 atom stereocenters. The van der Waals surface area contributed by atoms with Gasteiger partial charge in [-0.3, -0.25) is 10.6 Å². The van der Waals surface area contributed by atoms with Gasteiger partial charge in [0.05, 0.1) is 11.8 Å². The number of nitrogen functional groups attached to an aromatic ring is 2. The third-order valence-electron chi connectivity index (χ3n) is 1.46. The van der Waals surface area contributed by atoms with E-state index in [9.17, 15) is 4.79 Å². The summed E-state index contributed by atoms with van der Waals surface area (Å²) in [6.07, 6.45) is 1.26. The summed E-state index contributed by atoms with van der Waals surface area (Å²) in [6.45, 7) is 1.23. The average molecular weight is 193 g/mol. The predicted octanol–water partition coefficient (Wildman–Crippen LogP) is -1.01. The summed E-state index contributed by atoms with van der Waals surface area (Å²) in [7, 11) is 0. The Bertz CT molecular complexity index is 422. The van der Waals surface area contributed by atoms with Crippen molar-refractivity contribution in [3.05, 3.63) is 17.8 Å². The molecule has 1 aromatic heterocycles. The Morgan fingerprint density at radius 1 is 1.64 bits per heavy atom. The largest absolute Gasteiger partial charge is 0.397 e. The van der Waals surface area contributed by atoms with E-state index in [1.54, 1.807) is 0 Å². The minimum Gasteiger partial charge on any atom is -0.397 e. The lowest BCUT2D eigenvalue weighted by atomic mass is 10.2. The molecule has 4 N–H and O–H groups in total. The van der Waals surface area contributed by atoms with Crippen LogP contribution in [0.25, 0.3) is 0 Å². The highest BCUT2D eigenvalue weighted by atomic mass is 16.7. The zero-order chi connectivity index (χ0) is 10.7. The number of nitriles is 1. The number of hydrogen-bond acceptors (Lipinski definition) is 5. The van der Waals surface area contributed by atoms with Crippen LogP contribution in [0.15, 0.2) is 12.3 Å². The first-order valence-corrected chi connectivity index (χ1v) is 3.74. The molecule has 6 heteroatoms. The van der Waals surface area contributed by atoms with Crippen molar-refractivity contribution in [1.29, 1.82) is 5.26 Å². The van der Waals surface area contributed by atoms with E-state index < -0.39 is 5.97 Å². The van der Waals surface area contributed by atoms with Crippen molar-refractivity contribution in [3.8, 4) is 6.07 Å². The first kappa shape index (κ1) is 9.80. The molecule has 0 amide bonds. The SMILES string of the molecule is CC(=O)O[n+]1cc(C#N)c(N)cc1N. The van der Waals surface area contributed by atoms with Gasteiger partial charge in [-0.15, -0.1) is 0 Å². The third kappa shape index (κ3) is 1.90. The number of anilines is 2. The van der Waals surface area contributed by atoms with Gasteiger partial charge in [-0.1, -0.05) is 0 Å². The van der Waals surface area contributed by atoms with Gasteiger partial charge in [-0.05, 0) is 4.73 Å². The highest BCUT2D eigenvalue weighted by Crippen LogP contribution is 2.09. The van der Waals surface area contributed by atoms with E-state index in [1.165, 1.54) is 19.2 Å². The standard InChI is InChI=1S/C8H8N4O2/c1-5(13)14-12-4-6(3-9)7(10)2-8(12)11/h2,4H,1H3,(H3,10,11)/p+1. The molecule has 1 aromatic rings. The summed E-state index contributed by atoms with van der Waals surface area (Å²) in [5, 5.41) is 8.64. The maximum absolute atomic E-state index is 10.6. The van der Waals surface area contributed by atoms with Crippen molar-refractivity contribution >= 4 is 17.5 Å². The van der Waals surface area contributed by atoms with E-state index in [1.807, 2.05) is 6.07 Å². The molecular formula is C8H9N4O2+. The quantitative estimate of drug-likeness (QED) is 0.555. The van der Waals surface area contributed by atoms with Gasteiger partial charge in [0.25, 0.3) is 0 Å². The Morgan fingerprint density at radius 2 is 2.29 bits per heavy atom. The minimum atomic E-state index is -0.532. The zero-order valence-corrected chi connectivity index (χ0v) is 7.52. The van der Waals surface area contributed by atoms with Crippen LogP contribution in [0.3, 0.4) is 0 Å². The lowest BCUT2D eigenvalue weighted by Crippen LogP contribution is -2.47. The van der Waals surface area contributed by atoms with Gasteiger partial charge in [0.2, 0.25) is 0 Å². The van der Waals surface area contributed by atoms with Crippen molar-refractivity contribution in [2.24, 2.45) is 0 Å². The number of hydrogen-bond donors (Lipinski definition) is 2. The highest BCUT2D eigenvalue weighted by molar-refractivity contribution is 5.65. The van der Waals surface area contributed by atoms with Crippen LogP contribution in [0.4, 0.5) is 11.5 Å². The lowest BCUT2D eigenvalue weighted by Gasteiger charge is -2.01. The Kier molecular flexibility index (Phi) is 2.53. The Balaban J connectivity index is 3.19. The molecule has 6 nitrogen and oxygen atoms in total. The third-order valence-corrected chi connectivity index (χ3v) is 1.46. The molecule has 0 unspecified atom stereocenters. The maximum atomic E-state index is 10.6. The van der Waals surface area contributed by atoms with Crippen LogP contribution in [0.1, 0.15) is 12.5 Å². The van der Waals surface area contributed by atoms with Crippen molar-refractivity contribution in [3.63, 3.8) is 0 Å². The number of nitrogens with two attached hydrogens (primary N) is 2. The van der Waals surface area contributed by atoms with E-state index in [0.29, 0.717) is 0 Å². The Hall–Kier alpha value is -2.29. The minimum absolute atomic E-state index is 0.150. The van der Waals surface area contributed by atoms with Crippen molar-refractivity contribution in [1.82, 2.24) is 0 Å². The summed E-state index contributed by atoms with van der Waals surface area (Å²) >= 11 is 0. The zero-order valence-electron chi connectivity index (χ0n) is 7.52. The summed E-state index contributed by atoms with van der Waals surface area (Å²) in [6, 6.07) is 3.19. The van der Waals surface area contributed by atoms with Crippen LogP contribution >= 0.6 is 0 Å². The first-order valence-electron chi connectivity index (χ1n) is 3.74. The first-order chi connectivity index (χ1) is 6.54. The second kappa shape index (κ2) is 3.62. The second-order valence-corrected chi connectivity index (χ2v) is 2.59. The van der Waals surface area contributed by atoms with Crippen molar-refractivity contribution < 1.29 is 14.4 Å². The molecule has 0 fully saturated rings. The van der Waals surface area contributed by atoms with E-state index in [-0.39, 0.29) is 17.1 Å². The van der Waals surface area contributed by atoms with E-state index >= 15 is 0 Å². The predicted molar refractivity (Wildman–Crippen MR) is 47.4 cm³/mol. The Morgan fingerprint density at radius 3 is 2.79 bits per heavy atom. The molecule has 14 heavy (non-hydrogen) atoms. The van der Waals surface area contributed by atoms with Gasteiger partial charge in [-0.2, -0.15) is 5.26 Å². The summed E-state index contributed by atoms with van der Waals surface area (Å²) in [5.41, 5.74) is 11.4. The monoisotopic (exact) mass is 193 g/mol. The maximum Gasteiger partial charge on any atom is 0.354 e. The number of rotatable bonds is 1. The molecule has 0 saturated carbocycles. The summed E-state index contributed by atoms with van der Waals surface area (Å²) in [5.74, 6) is -0.382. The van der Waals surface area contributed by atoms with Gasteiger partial charge in [0, 0.05) is 6.92 Å². The average Bonchev–Trinajstić information content (AvgIpc) is 2.09. The molecule has 0 radical (unpaired) electrons. The van der Waals surface area contributed by atoms with E-state index in [2.05, 4.69) is 4.84 Å². The van der Waals surface area contributed by atoms with Crippen LogP contribution in [0.5, 0.6) is 0 Å². The van der Waals surface area contributed by atoms with Crippen molar-refractivity contribution in [2.75, 3.05) is 11.5 Å². The van der Waals surface area contributed by atoms with Crippen molar-refractivity contribution in [2.45, 2.75) is 6.92 Å². The molecule has 0 aliphatic carbocycles. The number of carbonyl (C=O) groups excluding carboxylic acids is 1. The van der Waals surface area contributed by atoms with E-state index in [0.717, 1.165) is 4.73 Å². The van der Waals surface area contributed by atoms with Gasteiger partial charge in [-0.25, -0.2) is 4.79 Å². The lowest BCUT2D eigenvalue weighted by molar-refractivity contribution is -0.857. The molecule has 0 bridgehead atoms. The van der Waals surface area contributed by atoms with E-state index in [4.69, 9.17) is 16.7 Å². The fourth-order valence-corrected chi connectivity index (χ4v) is 0.878. The summed E-state index contributed by atoms with van der Waals surface area (Å²) in [4.78, 5) is 15.3.